The smallest absolute Gasteiger partial charge is 0.364 e. The van der Waals surface area contributed by atoms with Crippen LogP contribution in [0.3, 0.4) is 0 Å². The second-order valence-corrected chi connectivity index (χ2v) is 19.7. The first-order chi connectivity index (χ1) is 37.2. The summed E-state index contributed by atoms with van der Waals surface area (Å²) in [6, 6.07) is -3.48. The van der Waals surface area contributed by atoms with Gasteiger partial charge in [0.15, 0.2) is 31.5 Å². The van der Waals surface area contributed by atoms with Gasteiger partial charge in [0.2, 0.25) is 11.8 Å². The summed E-state index contributed by atoms with van der Waals surface area (Å²) in [5.41, 5.74) is 0. The molecule has 6 fully saturated rings. The lowest BCUT2D eigenvalue weighted by Crippen LogP contribution is -2.71. The molecule has 0 radical (unpaired) electrons. The number of ether oxygens (including phenoxy) is 11. The number of carbonyl (C=O) groups is 3. The normalized spacial score (nSPS) is 47.7. The third-order valence-electron chi connectivity index (χ3n) is 14.2. The number of carbonyl (C=O) groups excluding carboxylic acids is 2. The van der Waals surface area contributed by atoms with E-state index >= 15 is 0 Å². The van der Waals surface area contributed by atoms with Crippen LogP contribution < -0.4 is 10.6 Å². The zero-order valence-corrected chi connectivity index (χ0v) is 41.9. The maximum Gasteiger partial charge on any atom is 0.364 e. The molecule has 6 aliphatic rings. The Hall–Kier alpha value is -2.79. The Balaban J connectivity index is 1.24. The Labute approximate surface area is 446 Å². The monoisotopic (exact) mass is 1160 g/mol. The lowest BCUT2D eigenvalue weighted by molar-refractivity contribution is -0.387. The Morgan fingerprint density at radius 3 is 1.53 bits per heavy atom. The summed E-state index contributed by atoms with van der Waals surface area (Å²) >= 11 is 0. The molecule has 0 bridgehead atoms. The average Bonchev–Trinajstić information content (AvgIpc) is 3.41. The molecule has 0 aliphatic carbocycles. The lowest BCUT2D eigenvalue weighted by Gasteiger charge is -2.51. The molecule has 36 nitrogen and oxygen atoms in total. The van der Waals surface area contributed by atoms with E-state index in [1.54, 1.807) is 0 Å². The number of carboxylic acids is 1. The van der Waals surface area contributed by atoms with Crippen molar-refractivity contribution in [3.63, 3.8) is 0 Å². The Morgan fingerprint density at radius 1 is 0.519 bits per heavy atom. The summed E-state index contributed by atoms with van der Waals surface area (Å²) in [6.45, 7) is -4.31. The van der Waals surface area contributed by atoms with Crippen LogP contribution in [-0.2, 0) is 66.5 Å². The van der Waals surface area contributed by atoms with Crippen LogP contribution in [0.5, 0.6) is 0 Å². The summed E-state index contributed by atoms with van der Waals surface area (Å²) in [6.07, 6.45) is -58.1. The molecular formula is C43H72N2O34. The highest BCUT2D eigenvalue weighted by atomic mass is 16.8. The van der Waals surface area contributed by atoms with Gasteiger partial charge in [0.25, 0.3) is 5.79 Å². The molecule has 31 atom stereocenters. The quantitative estimate of drug-likeness (QED) is 0.0507. The van der Waals surface area contributed by atoms with E-state index in [4.69, 9.17) is 52.1 Å². The van der Waals surface area contributed by atoms with Crippen LogP contribution in [0.4, 0.5) is 0 Å². The lowest BCUT2D eigenvalue weighted by atomic mass is 9.88. The molecular weight excluding hydrogens is 1090 g/mol. The molecule has 0 aromatic rings. The van der Waals surface area contributed by atoms with Crippen molar-refractivity contribution >= 4 is 17.8 Å². The van der Waals surface area contributed by atoms with Gasteiger partial charge in [-0.3, -0.25) is 9.59 Å². The van der Waals surface area contributed by atoms with Crippen LogP contribution >= 0.6 is 0 Å². The molecule has 0 unspecified atom stereocenters. The van der Waals surface area contributed by atoms with Gasteiger partial charge >= 0.3 is 5.97 Å². The molecule has 79 heavy (non-hydrogen) atoms. The predicted octanol–water partition coefficient (Wildman–Crippen LogP) is -14.6. The van der Waals surface area contributed by atoms with Gasteiger partial charge in [-0.25, -0.2) is 4.79 Å². The Kier molecular flexibility index (Phi) is 22.9. The predicted molar refractivity (Wildman–Crippen MR) is 240 cm³/mol. The molecule has 22 N–H and O–H groups in total. The number of rotatable bonds is 21. The highest BCUT2D eigenvalue weighted by molar-refractivity contribution is 5.76. The van der Waals surface area contributed by atoms with E-state index in [0.29, 0.717) is 0 Å². The minimum Gasteiger partial charge on any atom is -0.477 e. The molecule has 458 valence electrons. The average molecular weight is 1160 g/mol. The second-order valence-electron chi connectivity index (χ2n) is 19.7. The molecule has 6 aliphatic heterocycles. The number of amides is 2. The van der Waals surface area contributed by atoms with Crippen molar-refractivity contribution in [2.45, 2.75) is 210 Å². The van der Waals surface area contributed by atoms with Crippen molar-refractivity contribution in [3.05, 3.63) is 0 Å². The van der Waals surface area contributed by atoms with Crippen molar-refractivity contribution in [2.24, 2.45) is 0 Å². The summed E-state index contributed by atoms with van der Waals surface area (Å²) in [7, 11) is 0. The van der Waals surface area contributed by atoms with E-state index < -0.39 is 254 Å². The van der Waals surface area contributed by atoms with Gasteiger partial charge in [0.1, 0.15) is 140 Å². The minimum atomic E-state index is -3.20. The van der Waals surface area contributed by atoms with Crippen LogP contribution in [0.15, 0.2) is 0 Å². The van der Waals surface area contributed by atoms with E-state index in [0.717, 1.165) is 13.8 Å². The van der Waals surface area contributed by atoms with Gasteiger partial charge in [0.05, 0.1) is 51.8 Å². The molecule has 6 saturated heterocycles. The Morgan fingerprint density at radius 2 is 0.987 bits per heavy atom. The SMILES string of the molecule is CC(=O)N[C@H]1[C@H](OC[C@H]2O[C@@H](O[C@H]3[C@H](O)[C@@H](O)[C@H](O)O[C@@H]3CO)[C@H](O)[C@@H](O[C@H]3O[C@H](CO)[C@H](O)[C@H](O)[C@H]3O)[C@H]2O)O[C@H](CO)[C@@H](O[C@@H]2O[C@H](CO)[C@H](O)[C@H](O[C@]3(C(=O)O)C[C@H](O)[C@@H](NC(C)=O)[C@H]([C@H](O)[C@H](O)CO)O3)[C@H]2O)[C@@H]1O. The molecule has 36 heteroatoms. The number of hydrogen-bond acceptors (Lipinski definition) is 33. The fourth-order valence-electron chi connectivity index (χ4n) is 9.92. The number of carboxylic acid groups (broad SMARTS) is 1. The van der Waals surface area contributed by atoms with Crippen LogP contribution in [0.2, 0.25) is 0 Å². The first-order valence-electron chi connectivity index (χ1n) is 24.7. The molecule has 0 spiro atoms. The zero-order valence-electron chi connectivity index (χ0n) is 41.9. The maximum absolute atomic E-state index is 13.0. The fraction of sp³-hybridized carbons (Fsp3) is 0.930. The van der Waals surface area contributed by atoms with E-state index in [-0.39, 0.29) is 0 Å². The van der Waals surface area contributed by atoms with E-state index in [1.165, 1.54) is 0 Å². The molecule has 2 amide bonds. The first-order valence-corrected chi connectivity index (χ1v) is 24.7. The van der Waals surface area contributed by atoms with E-state index in [9.17, 15) is 117 Å². The van der Waals surface area contributed by atoms with Gasteiger partial charge in [-0.1, -0.05) is 0 Å². The van der Waals surface area contributed by atoms with Crippen molar-refractivity contribution < 1.29 is 169 Å². The molecule has 6 heterocycles. The fourth-order valence-corrected chi connectivity index (χ4v) is 9.92. The summed E-state index contributed by atoms with van der Waals surface area (Å²) in [5.74, 6) is -7.00. The van der Waals surface area contributed by atoms with Crippen LogP contribution in [0.1, 0.15) is 20.3 Å². The van der Waals surface area contributed by atoms with Gasteiger partial charge in [-0.15, -0.1) is 0 Å². The van der Waals surface area contributed by atoms with Crippen molar-refractivity contribution in [2.75, 3.05) is 39.6 Å². The number of hydrogen-bond donors (Lipinski definition) is 22. The van der Waals surface area contributed by atoms with Gasteiger partial charge in [-0.2, -0.15) is 0 Å². The standard InChI is InChI=1S/C43H72N2O34/c1-10(51)44-19-12(53)3-43(42(67)68,78-34(19)21(55)13(54)4-46)79-36-23(57)15(6-48)72-41(31(36)65)75-32-17(8-50)73-38(20(25(32)59)45-11(2)52)69-9-18-24(58)35(77-39-29(63)26(60)22(56)14(5-47)71-39)30(64)40(74-18)76-33-16(7-49)70-37(66)28(62)27(33)61/h12-41,46-50,53-66H,3-9H2,1-2H3,(H,44,51)(H,45,52)(H,67,68)/t12-,13+,14+,15+,16+,17+,18+,19+,20+,21+,22-,23-,24-,25+,26-,27+,28+,29+,30+,31+,32+,33+,34+,35-,36-,37+,38+,39+,40-,41-,43-/m0/s1. The van der Waals surface area contributed by atoms with Crippen molar-refractivity contribution in [1.29, 1.82) is 0 Å². The first kappa shape index (κ1) is 65.4. The minimum absolute atomic E-state index is 0.827. The third-order valence-corrected chi connectivity index (χ3v) is 14.2. The van der Waals surface area contributed by atoms with Crippen molar-refractivity contribution in [3.8, 4) is 0 Å². The second kappa shape index (κ2) is 27.7. The number of aliphatic carboxylic acids is 1. The summed E-state index contributed by atoms with van der Waals surface area (Å²) in [4.78, 5) is 37.7. The van der Waals surface area contributed by atoms with E-state index in [1.807, 2.05) is 0 Å². The number of nitrogens with one attached hydrogen (secondary N) is 2. The van der Waals surface area contributed by atoms with Gasteiger partial charge in [-0.05, 0) is 0 Å². The maximum atomic E-state index is 13.0. The van der Waals surface area contributed by atoms with Crippen molar-refractivity contribution in [1.82, 2.24) is 10.6 Å². The molecule has 6 rings (SSSR count). The van der Waals surface area contributed by atoms with Crippen LogP contribution in [0.25, 0.3) is 0 Å². The van der Waals surface area contributed by atoms with Gasteiger partial charge in [0, 0.05) is 20.3 Å². The number of aliphatic hydroxyl groups excluding tert-OH is 19. The van der Waals surface area contributed by atoms with Gasteiger partial charge < -0.3 is 165 Å². The molecule has 0 saturated carbocycles. The summed E-state index contributed by atoms with van der Waals surface area (Å²) < 4.78 is 62.3. The topological polar surface area (TPSA) is 581 Å². The number of aliphatic hydroxyl groups is 19. The highest BCUT2D eigenvalue weighted by Gasteiger charge is 2.61. The highest BCUT2D eigenvalue weighted by Crippen LogP contribution is 2.39. The third kappa shape index (κ3) is 14.1. The summed E-state index contributed by atoms with van der Waals surface area (Å²) in [5, 5.41) is 218. The largest absolute Gasteiger partial charge is 0.477 e. The van der Waals surface area contributed by atoms with E-state index in [2.05, 4.69) is 10.6 Å². The molecule has 0 aromatic carbocycles. The zero-order chi connectivity index (χ0) is 58.7. The van der Waals surface area contributed by atoms with Crippen LogP contribution in [0, 0.1) is 0 Å². The van der Waals surface area contributed by atoms with Crippen LogP contribution in [-0.4, -0.2) is 349 Å². The molecule has 0 aromatic heterocycles. The Bertz CT molecular complexity index is 1970.